The number of nitrogens with one attached hydrogen (secondary N) is 1. The summed E-state index contributed by atoms with van der Waals surface area (Å²) in [4.78, 5) is 18.0. The number of anilines is 1. The molecule has 1 saturated heterocycles. The molecule has 1 aromatic heterocycles. The van der Waals surface area contributed by atoms with Gasteiger partial charge in [0, 0.05) is 60.6 Å². The lowest BCUT2D eigenvalue weighted by atomic mass is 10.1. The molecule has 0 radical (unpaired) electrons. The number of carbonyl (C=O) groups is 1. The van der Waals surface area contributed by atoms with E-state index in [2.05, 4.69) is 57.9 Å². The number of nitrogens with zero attached hydrogens (tertiary/aromatic N) is 3. The SMILES string of the molecule is CCCC(NC(=O)c1ccc2c3ccccc3n(C)c2c1)N1CCN(c2cccc(Cl)c2Cl)CC1. The molecule has 7 heteroatoms. The van der Waals surface area contributed by atoms with Crippen LogP contribution in [0.4, 0.5) is 5.69 Å². The number of halogens is 2. The second-order valence-electron chi connectivity index (χ2n) is 9.18. The highest BCUT2D eigenvalue weighted by Gasteiger charge is 2.26. The van der Waals surface area contributed by atoms with E-state index in [1.165, 1.54) is 16.3 Å². The standard InChI is InChI=1S/C28H30Cl2N4O/c1-3-7-26(34-16-14-33(15-17-34)24-11-6-9-22(29)27(24)30)31-28(35)19-12-13-21-20-8-4-5-10-23(20)32(2)25(21)18-19/h4-6,8-13,18,26H,3,7,14-17H2,1-2H3,(H,31,35). The Morgan fingerprint density at radius 3 is 2.46 bits per heavy atom. The maximum Gasteiger partial charge on any atom is 0.252 e. The fourth-order valence-corrected chi connectivity index (χ4v) is 5.58. The van der Waals surface area contributed by atoms with Crippen molar-refractivity contribution < 1.29 is 4.79 Å². The zero-order chi connectivity index (χ0) is 24.5. The van der Waals surface area contributed by atoms with Gasteiger partial charge in [0.25, 0.3) is 5.91 Å². The smallest absolute Gasteiger partial charge is 0.252 e. The molecule has 0 aliphatic carbocycles. The van der Waals surface area contributed by atoms with Gasteiger partial charge in [0.05, 0.1) is 21.9 Å². The van der Waals surface area contributed by atoms with E-state index in [9.17, 15) is 4.79 Å². The molecule has 1 atom stereocenters. The molecule has 1 amide bonds. The number of carbonyl (C=O) groups excluding carboxylic acids is 1. The Morgan fingerprint density at radius 2 is 1.69 bits per heavy atom. The second-order valence-corrected chi connectivity index (χ2v) is 9.97. The van der Waals surface area contributed by atoms with Crippen molar-refractivity contribution in [3.8, 4) is 0 Å². The lowest BCUT2D eigenvalue weighted by Crippen LogP contribution is -2.56. The summed E-state index contributed by atoms with van der Waals surface area (Å²) in [6, 6.07) is 20.1. The van der Waals surface area contributed by atoms with E-state index in [-0.39, 0.29) is 12.1 Å². The highest BCUT2D eigenvalue weighted by Crippen LogP contribution is 2.33. The molecule has 0 bridgehead atoms. The molecular formula is C28H30Cl2N4O. The predicted molar refractivity (Wildman–Crippen MR) is 147 cm³/mol. The van der Waals surface area contributed by atoms with E-state index < -0.39 is 0 Å². The number of piperazine rings is 1. The lowest BCUT2D eigenvalue weighted by molar-refractivity contribution is 0.0824. The van der Waals surface area contributed by atoms with Crippen LogP contribution in [0.15, 0.2) is 60.7 Å². The molecule has 1 unspecified atom stereocenters. The summed E-state index contributed by atoms with van der Waals surface area (Å²) in [5, 5.41) is 6.86. The summed E-state index contributed by atoms with van der Waals surface area (Å²) in [7, 11) is 2.05. The minimum absolute atomic E-state index is 0.00679. The first-order valence-corrected chi connectivity index (χ1v) is 12.9. The van der Waals surface area contributed by atoms with Crippen LogP contribution in [0.25, 0.3) is 21.8 Å². The van der Waals surface area contributed by atoms with Crippen molar-refractivity contribution in [1.82, 2.24) is 14.8 Å². The maximum atomic E-state index is 13.3. The van der Waals surface area contributed by atoms with Gasteiger partial charge in [-0.2, -0.15) is 0 Å². The van der Waals surface area contributed by atoms with Crippen molar-refractivity contribution >= 4 is 56.6 Å². The van der Waals surface area contributed by atoms with E-state index in [1.54, 1.807) is 0 Å². The Kier molecular flexibility index (Phi) is 6.92. The molecule has 1 aliphatic heterocycles. The van der Waals surface area contributed by atoms with Gasteiger partial charge in [-0.15, -0.1) is 0 Å². The summed E-state index contributed by atoms with van der Waals surface area (Å²) in [6.45, 7) is 5.50. The van der Waals surface area contributed by atoms with Crippen LogP contribution in [0, 0.1) is 0 Å². The first kappa shape index (κ1) is 24.0. The Morgan fingerprint density at radius 1 is 0.943 bits per heavy atom. The molecule has 1 fully saturated rings. The third-order valence-corrected chi connectivity index (χ3v) is 7.87. The summed E-state index contributed by atoms with van der Waals surface area (Å²) < 4.78 is 2.16. The molecular weight excluding hydrogens is 479 g/mol. The summed E-state index contributed by atoms with van der Waals surface area (Å²) in [5.74, 6) is -0.0316. The summed E-state index contributed by atoms with van der Waals surface area (Å²) in [5.41, 5.74) is 3.89. The van der Waals surface area contributed by atoms with Crippen LogP contribution in [0.3, 0.4) is 0 Å². The van der Waals surface area contributed by atoms with Gasteiger partial charge >= 0.3 is 0 Å². The number of benzene rings is 3. The number of amides is 1. The van der Waals surface area contributed by atoms with Crippen LogP contribution in [0.5, 0.6) is 0 Å². The molecule has 3 aromatic carbocycles. The normalized spacial score (nSPS) is 15.6. The lowest BCUT2D eigenvalue weighted by Gasteiger charge is -2.40. The van der Waals surface area contributed by atoms with Crippen molar-refractivity contribution in [2.45, 2.75) is 25.9 Å². The Balaban J connectivity index is 1.31. The minimum Gasteiger partial charge on any atom is -0.368 e. The number of rotatable bonds is 6. The average molecular weight is 509 g/mol. The summed E-state index contributed by atoms with van der Waals surface area (Å²) >= 11 is 12.7. The van der Waals surface area contributed by atoms with Gasteiger partial charge in [-0.3, -0.25) is 9.69 Å². The fraction of sp³-hybridized carbons (Fsp3) is 0.321. The van der Waals surface area contributed by atoms with E-state index in [0.29, 0.717) is 15.6 Å². The number of hydrogen-bond acceptors (Lipinski definition) is 3. The molecule has 5 nitrogen and oxygen atoms in total. The van der Waals surface area contributed by atoms with Gasteiger partial charge in [0.15, 0.2) is 0 Å². The molecule has 35 heavy (non-hydrogen) atoms. The zero-order valence-corrected chi connectivity index (χ0v) is 21.6. The number of aryl methyl sites for hydroxylation is 1. The van der Waals surface area contributed by atoms with Crippen molar-refractivity contribution in [1.29, 1.82) is 0 Å². The predicted octanol–water partition coefficient (Wildman–Crippen LogP) is 6.32. The number of hydrogen-bond donors (Lipinski definition) is 1. The van der Waals surface area contributed by atoms with Gasteiger partial charge in [-0.05, 0) is 36.8 Å². The zero-order valence-electron chi connectivity index (χ0n) is 20.1. The minimum atomic E-state index is -0.0316. The van der Waals surface area contributed by atoms with E-state index in [0.717, 1.165) is 50.2 Å². The van der Waals surface area contributed by atoms with E-state index in [1.807, 2.05) is 36.4 Å². The largest absolute Gasteiger partial charge is 0.368 e. The van der Waals surface area contributed by atoms with Gasteiger partial charge in [-0.25, -0.2) is 0 Å². The van der Waals surface area contributed by atoms with Gasteiger partial charge in [-0.1, -0.05) is 66.9 Å². The Hall–Kier alpha value is -2.73. The van der Waals surface area contributed by atoms with Crippen molar-refractivity contribution in [3.63, 3.8) is 0 Å². The Labute approximate surface area is 216 Å². The highest BCUT2D eigenvalue weighted by molar-refractivity contribution is 6.43. The van der Waals surface area contributed by atoms with Crippen LogP contribution >= 0.6 is 23.2 Å². The van der Waals surface area contributed by atoms with Gasteiger partial charge in [0.2, 0.25) is 0 Å². The van der Waals surface area contributed by atoms with Crippen molar-refractivity contribution in [2.24, 2.45) is 7.05 Å². The molecule has 182 valence electrons. The number of fused-ring (bicyclic) bond motifs is 3. The fourth-order valence-electron chi connectivity index (χ4n) is 5.17. The first-order chi connectivity index (χ1) is 17.0. The number of para-hydroxylation sites is 1. The third-order valence-electron chi connectivity index (χ3n) is 7.06. The third kappa shape index (κ3) is 4.61. The molecule has 5 rings (SSSR count). The van der Waals surface area contributed by atoms with Crippen LogP contribution in [0.2, 0.25) is 10.0 Å². The van der Waals surface area contributed by atoms with Crippen LogP contribution < -0.4 is 10.2 Å². The van der Waals surface area contributed by atoms with E-state index >= 15 is 0 Å². The molecule has 0 spiro atoms. The first-order valence-electron chi connectivity index (χ1n) is 12.2. The van der Waals surface area contributed by atoms with Crippen LogP contribution in [-0.4, -0.2) is 47.7 Å². The number of aromatic nitrogens is 1. The molecule has 1 aliphatic rings. The maximum absolute atomic E-state index is 13.3. The topological polar surface area (TPSA) is 40.5 Å². The average Bonchev–Trinajstić information content (AvgIpc) is 3.17. The molecule has 4 aromatic rings. The summed E-state index contributed by atoms with van der Waals surface area (Å²) in [6.07, 6.45) is 1.89. The monoisotopic (exact) mass is 508 g/mol. The van der Waals surface area contributed by atoms with Crippen LogP contribution in [-0.2, 0) is 7.05 Å². The van der Waals surface area contributed by atoms with Gasteiger partial charge in [0.1, 0.15) is 0 Å². The molecule has 2 heterocycles. The second kappa shape index (κ2) is 10.1. The molecule has 0 saturated carbocycles. The van der Waals surface area contributed by atoms with E-state index in [4.69, 9.17) is 23.2 Å². The molecule has 1 N–H and O–H groups in total. The van der Waals surface area contributed by atoms with Gasteiger partial charge < -0.3 is 14.8 Å². The highest BCUT2D eigenvalue weighted by atomic mass is 35.5. The van der Waals surface area contributed by atoms with Crippen LogP contribution in [0.1, 0.15) is 30.1 Å². The van der Waals surface area contributed by atoms with Crippen molar-refractivity contribution in [2.75, 3.05) is 31.1 Å². The van der Waals surface area contributed by atoms with Crippen molar-refractivity contribution in [3.05, 3.63) is 76.3 Å². The Bertz CT molecular complexity index is 1370. The quantitative estimate of drug-likeness (QED) is 0.331.